The number of hydrogen-bond acceptors (Lipinski definition) is 6. The number of para-hydroxylation sites is 2. The molecule has 3 unspecified atom stereocenters. The highest BCUT2D eigenvalue weighted by molar-refractivity contribution is 5.85. The van der Waals surface area contributed by atoms with Gasteiger partial charge in [0.05, 0.1) is 24.0 Å². The topological polar surface area (TPSA) is 79.7 Å². The number of fused-ring (bicyclic) bond motifs is 1. The minimum Gasteiger partial charge on any atom is -0.456 e. The van der Waals surface area contributed by atoms with Gasteiger partial charge in [0.1, 0.15) is 0 Å². The van der Waals surface area contributed by atoms with E-state index in [1.165, 1.54) is 13.8 Å². The summed E-state index contributed by atoms with van der Waals surface area (Å²) in [6, 6.07) is 7.56. The molecule has 2 aromatic rings. The molecule has 0 N–H and O–H groups in total. The number of imidazole rings is 1. The molecule has 23 heavy (non-hydrogen) atoms. The number of carbonyl (C=O) groups is 2. The van der Waals surface area contributed by atoms with Crippen LogP contribution in [0.5, 0.6) is 0 Å². The van der Waals surface area contributed by atoms with Crippen LogP contribution in [0.25, 0.3) is 11.0 Å². The van der Waals surface area contributed by atoms with Gasteiger partial charge >= 0.3 is 11.9 Å². The SMILES string of the molecule is CC(=O)OC1COC(n2cnc3ccccc32)C1OC(C)=O.Cl. The lowest BCUT2D eigenvalue weighted by molar-refractivity contribution is -0.164. The van der Waals surface area contributed by atoms with E-state index < -0.39 is 30.4 Å². The lowest BCUT2D eigenvalue weighted by atomic mass is 10.2. The van der Waals surface area contributed by atoms with Crippen LogP contribution in [0.15, 0.2) is 30.6 Å². The van der Waals surface area contributed by atoms with E-state index in [0.29, 0.717) is 0 Å². The van der Waals surface area contributed by atoms with Gasteiger partial charge in [-0.15, -0.1) is 12.4 Å². The second-order valence-electron chi connectivity index (χ2n) is 5.09. The van der Waals surface area contributed by atoms with Gasteiger partial charge in [0.15, 0.2) is 18.4 Å². The minimum absolute atomic E-state index is 0. The first-order valence-electron chi connectivity index (χ1n) is 6.94. The summed E-state index contributed by atoms with van der Waals surface area (Å²) in [6.07, 6.45) is -0.297. The first-order valence-corrected chi connectivity index (χ1v) is 6.94. The largest absolute Gasteiger partial charge is 0.456 e. The fraction of sp³-hybridized carbons (Fsp3) is 0.400. The van der Waals surface area contributed by atoms with Crippen LogP contribution < -0.4 is 0 Å². The van der Waals surface area contributed by atoms with Crippen LogP contribution in [-0.4, -0.2) is 40.3 Å². The smallest absolute Gasteiger partial charge is 0.303 e. The third kappa shape index (κ3) is 3.46. The Balaban J connectivity index is 0.00000192. The maximum absolute atomic E-state index is 11.4. The van der Waals surface area contributed by atoms with Gasteiger partial charge in [0.25, 0.3) is 0 Å². The molecule has 1 aliphatic heterocycles. The molecule has 3 atom stereocenters. The van der Waals surface area contributed by atoms with Crippen LogP contribution in [0.3, 0.4) is 0 Å². The molecule has 7 nitrogen and oxygen atoms in total. The molecule has 0 aliphatic carbocycles. The van der Waals surface area contributed by atoms with E-state index in [2.05, 4.69) is 4.98 Å². The van der Waals surface area contributed by atoms with E-state index in [1.807, 2.05) is 24.3 Å². The molecule has 124 valence electrons. The normalized spacial score (nSPS) is 23.3. The van der Waals surface area contributed by atoms with Crippen molar-refractivity contribution in [1.29, 1.82) is 0 Å². The highest BCUT2D eigenvalue weighted by Gasteiger charge is 2.43. The van der Waals surface area contributed by atoms with Crippen LogP contribution in [0.1, 0.15) is 20.1 Å². The van der Waals surface area contributed by atoms with E-state index in [9.17, 15) is 9.59 Å². The molecule has 2 heterocycles. The van der Waals surface area contributed by atoms with Gasteiger partial charge in [0.2, 0.25) is 0 Å². The maximum atomic E-state index is 11.4. The van der Waals surface area contributed by atoms with E-state index >= 15 is 0 Å². The monoisotopic (exact) mass is 340 g/mol. The molecule has 3 rings (SSSR count). The summed E-state index contributed by atoms with van der Waals surface area (Å²) in [5.74, 6) is -0.899. The zero-order chi connectivity index (χ0) is 15.7. The molecule has 1 aliphatic rings. The average Bonchev–Trinajstić information content (AvgIpc) is 3.03. The minimum atomic E-state index is -0.709. The molecule has 1 aromatic heterocycles. The molecule has 1 saturated heterocycles. The molecular weight excluding hydrogens is 324 g/mol. The predicted molar refractivity (Wildman–Crippen MR) is 83.1 cm³/mol. The molecule has 1 aromatic carbocycles. The highest BCUT2D eigenvalue weighted by atomic mass is 35.5. The number of hydrogen-bond donors (Lipinski definition) is 0. The van der Waals surface area contributed by atoms with Gasteiger partial charge < -0.3 is 18.8 Å². The number of esters is 2. The van der Waals surface area contributed by atoms with Crippen LogP contribution >= 0.6 is 12.4 Å². The number of benzene rings is 1. The Morgan fingerprint density at radius 1 is 1.22 bits per heavy atom. The first-order chi connectivity index (χ1) is 10.6. The lowest BCUT2D eigenvalue weighted by Crippen LogP contribution is -2.35. The first kappa shape index (κ1) is 17.2. The molecule has 0 amide bonds. The summed E-state index contributed by atoms with van der Waals surface area (Å²) in [5, 5.41) is 0. The molecule has 1 fully saturated rings. The van der Waals surface area contributed by atoms with Crippen molar-refractivity contribution in [3.8, 4) is 0 Å². The predicted octanol–water partition coefficient (Wildman–Crippen LogP) is 1.85. The third-order valence-corrected chi connectivity index (χ3v) is 3.45. The second-order valence-corrected chi connectivity index (χ2v) is 5.09. The Hall–Kier alpha value is -2.12. The lowest BCUT2D eigenvalue weighted by Gasteiger charge is -2.23. The summed E-state index contributed by atoms with van der Waals surface area (Å²) in [6.45, 7) is 2.78. The zero-order valence-electron chi connectivity index (χ0n) is 12.7. The number of rotatable bonds is 3. The van der Waals surface area contributed by atoms with Crippen molar-refractivity contribution in [3.05, 3.63) is 30.6 Å². The molecule has 0 bridgehead atoms. The fourth-order valence-corrected chi connectivity index (χ4v) is 2.63. The van der Waals surface area contributed by atoms with E-state index in [-0.39, 0.29) is 19.0 Å². The third-order valence-electron chi connectivity index (χ3n) is 3.45. The van der Waals surface area contributed by atoms with Crippen molar-refractivity contribution in [2.75, 3.05) is 6.61 Å². The van der Waals surface area contributed by atoms with Gasteiger partial charge in [-0.05, 0) is 12.1 Å². The van der Waals surface area contributed by atoms with Crippen molar-refractivity contribution >= 4 is 35.4 Å². The molecule has 0 saturated carbocycles. The number of aromatic nitrogens is 2. The summed E-state index contributed by atoms with van der Waals surface area (Å²) < 4.78 is 18.0. The summed E-state index contributed by atoms with van der Waals surface area (Å²) in [4.78, 5) is 26.9. The second kappa shape index (κ2) is 6.97. The number of nitrogens with zero attached hydrogens (tertiary/aromatic N) is 2. The van der Waals surface area contributed by atoms with Gasteiger partial charge in [-0.25, -0.2) is 4.98 Å². The van der Waals surface area contributed by atoms with Crippen LogP contribution in [0.2, 0.25) is 0 Å². The standard InChI is InChI=1S/C15H16N2O5.ClH/c1-9(18)21-13-7-20-15(14(13)22-10(2)19)17-8-16-11-5-3-4-6-12(11)17;/h3-6,8,13-15H,7H2,1-2H3;1H. The Kier molecular flexibility index (Phi) is 5.23. The van der Waals surface area contributed by atoms with Crippen LogP contribution in [-0.2, 0) is 23.8 Å². The van der Waals surface area contributed by atoms with Crippen LogP contribution in [0.4, 0.5) is 0 Å². The molecule has 0 radical (unpaired) electrons. The van der Waals surface area contributed by atoms with Crippen molar-refractivity contribution in [1.82, 2.24) is 9.55 Å². The molecule has 0 spiro atoms. The highest BCUT2D eigenvalue weighted by Crippen LogP contribution is 2.31. The fourth-order valence-electron chi connectivity index (χ4n) is 2.63. The Bertz CT molecular complexity index is 717. The molecular formula is C15H17ClN2O5. The Morgan fingerprint density at radius 2 is 1.91 bits per heavy atom. The summed E-state index contributed by atoms with van der Waals surface area (Å²) in [5.41, 5.74) is 1.66. The average molecular weight is 341 g/mol. The van der Waals surface area contributed by atoms with Gasteiger partial charge in [0, 0.05) is 13.8 Å². The number of carbonyl (C=O) groups excluding carboxylic acids is 2. The number of halogens is 1. The summed E-state index contributed by atoms with van der Waals surface area (Å²) >= 11 is 0. The van der Waals surface area contributed by atoms with Crippen molar-refractivity contribution in [2.45, 2.75) is 32.3 Å². The Labute approximate surface area is 138 Å². The van der Waals surface area contributed by atoms with Gasteiger partial charge in [-0.2, -0.15) is 0 Å². The Morgan fingerprint density at radius 3 is 2.61 bits per heavy atom. The summed E-state index contributed by atoms with van der Waals surface area (Å²) in [7, 11) is 0. The van der Waals surface area contributed by atoms with Crippen molar-refractivity contribution in [2.24, 2.45) is 0 Å². The zero-order valence-corrected chi connectivity index (χ0v) is 13.5. The van der Waals surface area contributed by atoms with Crippen LogP contribution in [0, 0.1) is 0 Å². The van der Waals surface area contributed by atoms with Gasteiger partial charge in [-0.3, -0.25) is 9.59 Å². The van der Waals surface area contributed by atoms with Crippen molar-refractivity contribution < 1.29 is 23.8 Å². The van der Waals surface area contributed by atoms with E-state index in [4.69, 9.17) is 14.2 Å². The maximum Gasteiger partial charge on any atom is 0.303 e. The number of ether oxygens (including phenoxy) is 3. The van der Waals surface area contributed by atoms with Crippen molar-refractivity contribution in [3.63, 3.8) is 0 Å². The van der Waals surface area contributed by atoms with E-state index in [0.717, 1.165) is 11.0 Å². The van der Waals surface area contributed by atoms with Gasteiger partial charge in [-0.1, -0.05) is 12.1 Å². The molecule has 8 heteroatoms. The quantitative estimate of drug-likeness (QED) is 0.793. The van der Waals surface area contributed by atoms with E-state index in [1.54, 1.807) is 10.9 Å².